The zero-order valence-corrected chi connectivity index (χ0v) is 20.3. The van der Waals surface area contributed by atoms with Gasteiger partial charge in [0.1, 0.15) is 0 Å². The van der Waals surface area contributed by atoms with E-state index in [9.17, 15) is 8.78 Å². The third-order valence-electron chi connectivity index (χ3n) is 6.67. The standard InChI is InChI=1S/C30H38F2O/c1-3-5-6-7-8-9-23-10-15-25(16-11-23)26-17-12-24(13-18-26)14-19-27-20-21-28(33-22-4-2)30(32)29(27)31/h10-11,15-16,20-21,24,26H,3-9,12-13,17-18,22H2,1-2H3/t24-,26-. The summed E-state index contributed by atoms with van der Waals surface area (Å²) in [5.74, 6) is 5.00. The van der Waals surface area contributed by atoms with Gasteiger partial charge in [-0.1, -0.05) is 75.6 Å². The molecule has 0 atom stereocenters. The summed E-state index contributed by atoms with van der Waals surface area (Å²) in [4.78, 5) is 0. The fraction of sp³-hybridized carbons (Fsp3) is 0.533. The molecule has 0 radical (unpaired) electrons. The van der Waals surface area contributed by atoms with Crippen LogP contribution in [0.25, 0.3) is 0 Å². The van der Waals surface area contributed by atoms with E-state index in [0.29, 0.717) is 12.5 Å². The van der Waals surface area contributed by atoms with Crippen molar-refractivity contribution in [1.82, 2.24) is 0 Å². The van der Waals surface area contributed by atoms with Crippen LogP contribution in [0.3, 0.4) is 0 Å². The van der Waals surface area contributed by atoms with Crippen LogP contribution in [0.4, 0.5) is 8.78 Å². The molecule has 2 aromatic carbocycles. The first-order chi connectivity index (χ1) is 16.1. The lowest BCUT2D eigenvalue weighted by atomic mass is 9.78. The second kappa shape index (κ2) is 13.4. The summed E-state index contributed by atoms with van der Waals surface area (Å²) in [7, 11) is 0. The van der Waals surface area contributed by atoms with E-state index >= 15 is 0 Å². The number of ether oxygens (including phenoxy) is 1. The van der Waals surface area contributed by atoms with Crippen molar-refractivity contribution in [3.05, 3.63) is 64.7 Å². The molecular formula is C30H38F2O. The second-order valence-electron chi connectivity index (χ2n) is 9.31. The fourth-order valence-corrected chi connectivity index (χ4v) is 4.59. The van der Waals surface area contributed by atoms with Crippen LogP contribution < -0.4 is 4.74 Å². The van der Waals surface area contributed by atoms with Crippen molar-refractivity contribution in [2.45, 2.75) is 90.4 Å². The number of hydrogen-bond donors (Lipinski definition) is 0. The van der Waals surface area contributed by atoms with Crippen LogP contribution >= 0.6 is 0 Å². The molecule has 0 unspecified atom stereocenters. The summed E-state index contributed by atoms with van der Waals surface area (Å²) in [5.41, 5.74) is 2.98. The highest BCUT2D eigenvalue weighted by atomic mass is 19.2. The Bertz CT molecular complexity index is 915. The maximum atomic E-state index is 14.3. The molecule has 2 aromatic rings. The lowest BCUT2D eigenvalue weighted by molar-refractivity contribution is 0.295. The number of hydrogen-bond acceptors (Lipinski definition) is 1. The topological polar surface area (TPSA) is 9.23 Å². The van der Waals surface area contributed by atoms with Gasteiger partial charge < -0.3 is 4.74 Å². The SMILES string of the molecule is CCCCCCCc1ccc([C@H]2CC[C@H](C#Cc3ccc(OCCC)c(F)c3F)CC2)cc1. The third kappa shape index (κ3) is 7.60. The van der Waals surface area contributed by atoms with Crippen molar-refractivity contribution >= 4 is 0 Å². The minimum Gasteiger partial charge on any atom is -0.490 e. The minimum atomic E-state index is -0.941. The highest BCUT2D eigenvalue weighted by Crippen LogP contribution is 2.35. The first kappa shape index (κ1) is 25.3. The van der Waals surface area contributed by atoms with Crippen LogP contribution in [0, 0.1) is 29.4 Å². The molecule has 1 nitrogen and oxygen atoms in total. The Kier molecular flexibility index (Phi) is 10.3. The Balaban J connectivity index is 1.49. The summed E-state index contributed by atoms with van der Waals surface area (Å²) in [5, 5.41) is 0. The summed E-state index contributed by atoms with van der Waals surface area (Å²) in [6.07, 6.45) is 12.7. The molecule has 1 fully saturated rings. The number of benzene rings is 2. The predicted molar refractivity (Wildman–Crippen MR) is 133 cm³/mol. The Morgan fingerprint density at radius 2 is 1.55 bits per heavy atom. The number of unbranched alkanes of at least 4 members (excludes halogenated alkanes) is 4. The smallest absolute Gasteiger partial charge is 0.201 e. The molecule has 3 rings (SSSR count). The molecule has 0 spiro atoms. The Hall–Kier alpha value is -2.34. The monoisotopic (exact) mass is 452 g/mol. The third-order valence-corrected chi connectivity index (χ3v) is 6.67. The Morgan fingerprint density at radius 1 is 0.818 bits per heavy atom. The molecule has 0 amide bonds. The van der Waals surface area contributed by atoms with E-state index in [0.717, 1.165) is 32.1 Å². The van der Waals surface area contributed by atoms with E-state index < -0.39 is 11.6 Å². The Labute approximate surface area is 198 Å². The molecule has 0 aliphatic heterocycles. The largest absolute Gasteiger partial charge is 0.490 e. The molecule has 0 saturated heterocycles. The fourth-order valence-electron chi connectivity index (χ4n) is 4.59. The van der Waals surface area contributed by atoms with Gasteiger partial charge in [-0.05, 0) is 74.1 Å². The van der Waals surface area contributed by atoms with Gasteiger partial charge in [-0.2, -0.15) is 4.39 Å². The number of aryl methyl sites for hydroxylation is 1. The van der Waals surface area contributed by atoms with E-state index in [1.807, 2.05) is 6.92 Å². The van der Waals surface area contributed by atoms with Crippen LogP contribution in [0.1, 0.15) is 101 Å². The van der Waals surface area contributed by atoms with Crippen molar-refractivity contribution in [2.24, 2.45) is 5.92 Å². The summed E-state index contributed by atoms with van der Waals surface area (Å²) >= 11 is 0. The first-order valence-corrected chi connectivity index (χ1v) is 12.8. The van der Waals surface area contributed by atoms with Crippen LogP contribution in [0.15, 0.2) is 36.4 Å². The van der Waals surface area contributed by atoms with Gasteiger partial charge in [0.25, 0.3) is 0 Å². The molecular weight excluding hydrogens is 414 g/mol. The van der Waals surface area contributed by atoms with Crippen LogP contribution in [0.5, 0.6) is 5.75 Å². The van der Waals surface area contributed by atoms with Crippen molar-refractivity contribution in [1.29, 1.82) is 0 Å². The molecule has 1 saturated carbocycles. The van der Waals surface area contributed by atoms with Gasteiger partial charge in [0.15, 0.2) is 11.6 Å². The summed E-state index contributed by atoms with van der Waals surface area (Å²) in [6, 6.07) is 12.2. The van der Waals surface area contributed by atoms with Gasteiger partial charge in [-0.3, -0.25) is 0 Å². The molecule has 0 heterocycles. The average Bonchev–Trinajstić information content (AvgIpc) is 2.85. The highest BCUT2D eigenvalue weighted by molar-refractivity contribution is 5.41. The quantitative estimate of drug-likeness (QED) is 0.259. The van der Waals surface area contributed by atoms with E-state index in [1.165, 1.54) is 61.8 Å². The molecule has 1 aliphatic carbocycles. The first-order valence-electron chi connectivity index (χ1n) is 12.8. The van der Waals surface area contributed by atoms with Crippen molar-refractivity contribution in [3.63, 3.8) is 0 Å². The predicted octanol–water partition coefficient (Wildman–Crippen LogP) is 8.59. The van der Waals surface area contributed by atoms with Crippen LogP contribution in [-0.2, 0) is 6.42 Å². The van der Waals surface area contributed by atoms with Gasteiger partial charge in [0.2, 0.25) is 5.82 Å². The summed E-state index contributed by atoms with van der Waals surface area (Å²) < 4.78 is 33.8. The normalized spacial score (nSPS) is 17.9. The minimum absolute atomic E-state index is 0.0390. The zero-order valence-electron chi connectivity index (χ0n) is 20.3. The van der Waals surface area contributed by atoms with Gasteiger partial charge >= 0.3 is 0 Å². The lowest BCUT2D eigenvalue weighted by Gasteiger charge is -2.26. The van der Waals surface area contributed by atoms with Gasteiger partial charge in [0, 0.05) is 5.92 Å². The molecule has 0 bridgehead atoms. The molecule has 0 aromatic heterocycles. The van der Waals surface area contributed by atoms with Crippen LogP contribution in [0.2, 0.25) is 0 Å². The zero-order chi connectivity index (χ0) is 23.5. The molecule has 178 valence electrons. The van der Waals surface area contributed by atoms with E-state index in [2.05, 4.69) is 43.0 Å². The maximum absolute atomic E-state index is 14.3. The van der Waals surface area contributed by atoms with Gasteiger partial charge in [-0.15, -0.1) is 0 Å². The molecule has 33 heavy (non-hydrogen) atoms. The highest BCUT2D eigenvalue weighted by Gasteiger charge is 2.21. The summed E-state index contributed by atoms with van der Waals surface area (Å²) in [6.45, 7) is 4.54. The van der Waals surface area contributed by atoms with Crippen molar-refractivity contribution < 1.29 is 13.5 Å². The van der Waals surface area contributed by atoms with E-state index in [4.69, 9.17) is 4.74 Å². The van der Waals surface area contributed by atoms with E-state index in [-0.39, 0.29) is 17.2 Å². The van der Waals surface area contributed by atoms with Gasteiger partial charge in [0.05, 0.1) is 12.2 Å². The number of rotatable bonds is 10. The van der Waals surface area contributed by atoms with Crippen molar-refractivity contribution in [2.75, 3.05) is 6.61 Å². The second-order valence-corrected chi connectivity index (χ2v) is 9.31. The lowest BCUT2D eigenvalue weighted by Crippen LogP contribution is -2.12. The molecule has 1 aliphatic rings. The maximum Gasteiger partial charge on any atom is 0.201 e. The molecule has 0 N–H and O–H groups in total. The Morgan fingerprint density at radius 3 is 2.24 bits per heavy atom. The van der Waals surface area contributed by atoms with Gasteiger partial charge in [-0.25, -0.2) is 4.39 Å². The van der Waals surface area contributed by atoms with Crippen LogP contribution in [-0.4, -0.2) is 6.61 Å². The van der Waals surface area contributed by atoms with E-state index in [1.54, 1.807) is 0 Å². The van der Waals surface area contributed by atoms with Crippen molar-refractivity contribution in [3.8, 4) is 17.6 Å². The number of halogens is 2. The average molecular weight is 453 g/mol. The molecule has 3 heteroatoms.